The van der Waals surface area contributed by atoms with E-state index in [1.54, 1.807) is 24.3 Å². The second-order valence-electron chi connectivity index (χ2n) is 5.39. The Labute approximate surface area is 130 Å². The summed E-state index contributed by atoms with van der Waals surface area (Å²) in [4.78, 5) is 13.5. The molecule has 0 spiro atoms. The molecule has 1 aromatic carbocycles. The van der Waals surface area contributed by atoms with Crippen molar-refractivity contribution in [1.29, 1.82) is 0 Å². The van der Waals surface area contributed by atoms with E-state index in [9.17, 15) is 4.79 Å². The molecule has 0 amide bonds. The van der Waals surface area contributed by atoms with Gasteiger partial charge in [-0.1, -0.05) is 0 Å². The maximum Gasteiger partial charge on any atom is 0.252 e. The smallest absolute Gasteiger partial charge is 0.252 e. The van der Waals surface area contributed by atoms with Gasteiger partial charge in [-0.2, -0.15) is 0 Å². The van der Waals surface area contributed by atoms with Crippen LogP contribution in [-0.2, 0) is 0 Å². The van der Waals surface area contributed by atoms with E-state index in [1.807, 2.05) is 0 Å². The third-order valence-corrected chi connectivity index (χ3v) is 4.30. The molecule has 2 atom stereocenters. The summed E-state index contributed by atoms with van der Waals surface area (Å²) in [5, 5.41) is -0.431. The topological polar surface area (TPSA) is 29.5 Å². The summed E-state index contributed by atoms with van der Waals surface area (Å²) in [6, 6.07) is 7.86. The Morgan fingerprint density at radius 3 is 2.65 bits per heavy atom. The van der Waals surface area contributed by atoms with Crippen LogP contribution in [0.1, 0.15) is 29.6 Å². The van der Waals surface area contributed by atoms with Crippen LogP contribution in [0.15, 0.2) is 24.3 Å². The summed E-state index contributed by atoms with van der Waals surface area (Å²) in [7, 11) is 0. The molecule has 0 aromatic heterocycles. The molecule has 20 heavy (non-hydrogen) atoms. The fourth-order valence-electron chi connectivity index (χ4n) is 2.90. The molecule has 3 rings (SSSR count). The summed E-state index contributed by atoms with van der Waals surface area (Å²) in [5.41, 5.74) is 0.505. The first-order valence-electron chi connectivity index (χ1n) is 6.91. The van der Waals surface area contributed by atoms with Crippen LogP contribution < -0.4 is 4.74 Å². The summed E-state index contributed by atoms with van der Waals surface area (Å²) in [5.74, 6) is 1.80. The Morgan fingerprint density at radius 2 is 2.10 bits per heavy atom. The van der Waals surface area contributed by atoms with Gasteiger partial charge in [0.1, 0.15) is 5.75 Å². The van der Waals surface area contributed by atoms with Gasteiger partial charge < -0.3 is 4.74 Å². The number of piperidine rings is 1. The lowest BCUT2D eigenvalue weighted by molar-refractivity contribution is 0.108. The third-order valence-electron chi connectivity index (χ3n) is 4.08. The van der Waals surface area contributed by atoms with Gasteiger partial charge in [0.15, 0.2) is 0 Å². The number of fused-ring (bicyclic) bond motifs is 1. The van der Waals surface area contributed by atoms with Gasteiger partial charge in [0.25, 0.3) is 5.24 Å². The zero-order valence-electron chi connectivity index (χ0n) is 11.3. The van der Waals surface area contributed by atoms with Gasteiger partial charge in [-0.3, -0.25) is 9.69 Å². The van der Waals surface area contributed by atoms with E-state index in [4.69, 9.17) is 16.3 Å². The molecule has 1 saturated carbocycles. The average Bonchev–Trinajstić information content (AvgIpc) is 3.09. The number of likely N-dealkylation sites (tertiary alicyclic amines) is 1. The van der Waals surface area contributed by atoms with E-state index >= 15 is 0 Å². The summed E-state index contributed by atoms with van der Waals surface area (Å²) < 4.78 is 5.67. The van der Waals surface area contributed by atoms with E-state index in [0.717, 1.165) is 37.3 Å². The second kappa shape index (κ2) is 6.79. The van der Waals surface area contributed by atoms with Crippen molar-refractivity contribution >= 4 is 29.3 Å². The van der Waals surface area contributed by atoms with Crippen LogP contribution in [0.25, 0.3) is 0 Å². The SMILES string of the molecule is Cl.O=C(Cl)c1ccc(OCCCN2CC[C@H]3C[C@H]32)cc1. The summed E-state index contributed by atoms with van der Waals surface area (Å²) in [6.45, 7) is 3.13. The molecule has 0 radical (unpaired) electrons. The molecule has 2 aliphatic rings. The number of hydrogen-bond acceptors (Lipinski definition) is 3. The first-order valence-corrected chi connectivity index (χ1v) is 7.28. The predicted molar refractivity (Wildman–Crippen MR) is 82.1 cm³/mol. The normalized spacial score (nSPS) is 23.9. The molecule has 1 aliphatic heterocycles. The van der Waals surface area contributed by atoms with E-state index in [2.05, 4.69) is 4.90 Å². The van der Waals surface area contributed by atoms with Crippen molar-refractivity contribution in [1.82, 2.24) is 4.90 Å². The predicted octanol–water partition coefficient (Wildman–Crippen LogP) is 3.35. The van der Waals surface area contributed by atoms with E-state index in [1.165, 1.54) is 19.4 Å². The quantitative estimate of drug-likeness (QED) is 0.595. The lowest BCUT2D eigenvalue weighted by Gasteiger charge is -2.17. The highest BCUT2D eigenvalue weighted by Gasteiger charge is 2.46. The number of ether oxygens (including phenoxy) is 1. The lowest BCUT2D eigenvalue weighted by Crippen LogP contribution is -2.25. The van der Waals surface area contributed by atoms with Gasteiger partial charge in [0.05, 0.1) is 6.61 Å². The number of rotatable bonds is 6. The molecule has 110 valence electrons. The minimum Gasteiger partial charge on any atom is -0.494 e. The molecule has 1 heterocycles. The molecular formula is C15H19Cl2NO2. The standard InChI is InChI=1S/C15H18ClNO2.ClH/c16-15(18)11-2-4-13(5-3-11)19-9-1-7-17-8-6-12-10-14(12)17;/h2-5,12,14H,1,6-10H2;1H/t12-,14+;/m0./s1. The van der Waals surface area contributed by atoms with Gasteiger partial charge in [-0.15, -0.1) is 12.4 Å². The average molecular weight is 316 g/mol. The van der Waals surface area contributed by atoms with Crippen LogP contribution in [0.4, 0.5) is 0 Å². The van der Waals surface area contributed by atoms with Crippen molar-refractivity contribution in [2.24, 2.45) is 5.92 Å². The maximum absolute atomic E-state index is 10.9. The Morgan fingerprint density at radius 1 is 1.35 bits per heavy atom. The van der Waals surface area contributed by atoms with E-state index < -0.39 is 5.24 Å². The molecule has 2 fully saturated rings. The molecule has 0 N–H and O–H groups in total. The van der Waals surface area contributed by atoms with E-state index in [-0.39, 0.29) is 12.4 Å². The summed E-state index contributed by atoms with van der Waals surface area (Å²) >= 11 is 5.39. The van der Waals surface area contributed by atoms with Crippen LogP contribution in [0, 0.1) is 5.92 Å². The van der Waals surface area contributed by atoms with Crippen molar-refractivity contribution in [3.05, 3.63) is 29.8 Å². The number of benzene rings is 1. The number of carbonyl (C=O) groups excluding carboxylic acids is 1. The molecule has 1 aliphatic carbocycles. The van der Waals surface area contributed by atoms with Crippen molar-refractivity contribution in [2.45, 2.75) is 25.3 Å². The largest absolute Gasteiger partial charge is 0.494 e. The third kappa shape index (κ3) is 3.66. The van der Waals surface area contributed by atoms with Crippen molar-refractivity contribution in [3.63, 3.8) is 0 Å². The molecule has 0 unspecified atom stereocenters. The first kappa shape index (κ1) is 15.6. The van der Waals surface area contributed by atoms with Gasteiger partial charge in [-0.05, 0) is 67.6 Å². The molecule has 1 aromatic rings. The highest BCUT2D eigenvalue weighted by atomic mass is 35.5. The van der Waals surface area contributed by atoms with Gasteiger partial charge in [-0.25, -0.2) is 0 Å². The second-order valence-corrected chi connectivity index (χ2v) is 5.73. The monoisotopic (exact) mass is 315 g/mol. The van der Waals surface area contributed by atoms with Crippen molar-refractivity contribution in [2.75, 3.05) is 19.7 Å². The Hall–Kier alpha value is -0.770. The molecule has 5 heteroatoms. The number of hydrogen-bond donors (Lipinski definition) is 0. The highest BCUT2D eigenvalue weighted by molar-refractivity contribution is 6.67. The molecule has 3 nitrogen and oxygen atoms in total. The van der Waals surface area contributed by atoms with Gasteiger partial charge >= 0.3 is 0 Å². The molecular weight excluding hydrogens is 297 g/mol. The highest BCUT2D eigenvalue weighted by Crippen LogP contribution is 2.44. The van der Waals surface area contributed by atoms with Crippen molar-refractivity contribution < 1.29 is 9.53 Å². The van der Waals surface area contributed by atoms with Gasteiger partial charge in [0, 0.05) is 18.2 Å². The number of nitrogens with zero attached hydrogens (tertiary/aromatic N) is 1. The zero-order chi connectivity index (χ0) is 13.2. The number of carbonyl (C=O) groups is 1. The zero-order valence-corrected chi connectivity index (χ0v) is 12.8. The lowest BCUT2D eigenvalue weighted by atomic mass is 10.2. The Balaban J connectivity index is 0.00000147. The van der Waals surface area contributed by atoms with Crippen molar-refractivity contribution in [3.8, 4) is 5.75 Å². The van der Waals surface area contributed by atoms with Gasteiger partial charge in [0.2, 0.25) is 0 Å². The fraction of sp³-hybridized carbons (Fsp3) is 0.533. The minimum absolute atomic E-state index is 0. The van der Waals surface area contributed by atoms with Crippen LogP contribution in [-0.4, -0.2) is 35.9 Å². The van der Waals surface area contributed by atoms with Crippen LogP contribution in [0.3, 0.4) is 0 Å². The number of halogens is 2. The summed E-state index contributed by atoms with van der Waals surface area (Å²) in [6.07, 6.45) is 3.85. The molecule has 1 saturated heterocycles. The van der Waals surface area contributed by atoms with Crippen LogP contribution in [0.5, 0.6) is 5.75 Å². The maximum atomic E-state index is 10.9. The Bertz CT molecular complexity index is 463. The minimum atomic E-state index is -0.431. The fourth-order valence-corrected chi connectivity index (χ4v) is 3.03. The Kier molecular flexibility index (Phi) is 5.30. The van der Waals surface area contributed by atoms with Crippen LogP contribution >= 0.6 is 24.0 Å². The molecule has 0 bridgehead atoms. The first-order chi connectivity index (χ1) is 9.24. The van der Waals surface area contributed by atoms with Crippen LogP contribution in [0.2, 0.25) is 0 Å². The van der Waals surface area contributed by atoms with E-state index in [0.29, 0.717) is 5.56 Å².